The van der Waals surface area contributed by atoms with Crippen molar-refractivity contribution in [3.8, 4) is 11.5 Å². The number of rotatable bonds is 10. The zero-order valence-corrected chi connectivity index (χ0v) is 22.4. The van der Waals surface area contributed by atoms with Gasteiger partial charge in [-0.2, -0.15) is 4.89 Å². The van der Waals surface area contributed by atoms with Crippen molar-refractivity contribution >= 4 is 17.5 Å². The summed E-state index contributed by atoms with van der Waals surface area (Å²) in [6, 6.07) is 5.46. The van der Waals surface area contributed by atoms with E-state index in [0.29, 0.717) is 29.9 Å². The molecule has 1 N–H and O–H groups in total. The van der Waals surface area contributed by atoms with Crippen molar-refractivity contribution in [2.24, 2.45) is 23.7 Å². The minimum Gasteiger partial charge on any atom is -0.493 e. The predicted molar refractivity (Wildman–Crippen MR) is 136 cm³/mol. The molecule has 9 nitrogen and oxygen atoms in total. The Morgan fingerprint density at radius 2 is 1.76 bits per heavy atom. The van der Waals surface area contributed by atoms with E-state index in [9.17, 15) is 9.59 Å². The van der Waals surface area contributed by atoms with Crippen LogP contribution >= 0.6 is 0 Å². The molecule has 5 aliphatic rings. The Kier molecular flexibility index (Phi) is 7.46. The lowest BCUT2D eigenvalue weighted by molar-refractivity contribution is -0.517. The van der Waals surface area contributed by atoms with E-state index in [-0.39, 0.29) is 19.4 Å². The summed E-state index contributed by atoms with van der Waals surface area (Å²) in [6.07, 6.45) is 5.12. The standard InChI is InChI=1S/C29H38O9/c1-17(25-15-35-29(38-37-25)21-10-18-9-19(12-21)13-22(29)11-18)20-5-6-23(24(14-20)33-4)36-28(2,3)16-34-27(32)8-7-26(30)31/h5-6,14,18-19,21-22,25H,1,7-13,15-16H2,2-4H3,(H,30,31). The van der Waals surface area contributed by atoms with Gasteiger partial charge < -0.3 is 24.1 Å². The average molecular weight is 531 g/mol. The molecule has 1 aliphatic heterocycles. The van der Waals surface area contributed by atoms with Crippen LogP contribution in [0.4, 0.5) is 0 Å². The smallest absolute Gasteiger partial charge is 0.306 e. The van der Waals surface area contributed by atoms with E-state index in [0.717, 1.165) is 23.0 Å². The minimum atomic E-state index is -1.05. The number of carbonyl (C=O) groups excluding carboxylic acids is 1. The highest BCUT2D eigenvalue weighted by molar-refractivity contribution is 5.76. The van der Waals surface area contributed by atoms with Crippen LogP contribution in [0.15, 0.2) is 24.8 Å². The van der Waals surface area contributed by atoms with Crippen LogP contribution in [-0.4, -0.2) is 54.9 Å². The number of carboxylic acid groups (broad SMARTS) is 1. The maximum absolute atomic E-state index is 11.8. The van der Waals surface area contributed by atoms with Gasteiger partial charge in [-0.3, -0.25) is 9.59 Å². The van der Waals surface area contributed by atoms with E-state index in [2.05, 4.69) is 6.58 Å². The van der Waals surface area contributed by atoms with Crippen LogP contribution in [0, 0.1) is 23.7 Å². The zero-order chi connectivity index (χ0) is 27.1. The fourth-order valence-corrected chi connectivity index (χ4v) is 6.76. The molecule has 4 bridgehead atoms. The van der Waals surface area contributed by atoms with Gasteiger partial charge in [0.25, 0.3) is 0 Å². The minimum absolute atomic E-state index is 0.0428. The number of hydrogen-bond acceptors (Lipinski definition) is 8. The molecule has 1 aromatic carbocycles. The van der Waals surface area contributed by atoms with E-state index in [1.165, 1.54) is 32.1 Å². The Balaban J connectivity index is 1.18. The van der Waals surface area contributed by atoms with Crippen molar-refractivity contribution in [2.45, 2.75) is 76.3 Å². The highest BCUT2D eigenvalue weighted by Gasteiger charge is 2.61. The van der Waals surface area contributed by atoms with Gasteiger partial charge in [0.15, 0.2) is 11.5 Å². The molecule has 1 atom stereocenters. The van der Waals surface area contributed by atoms with Crippen molar-refractivity contribution in [1.29, 1.82) is 0 Å². The Bertz CT molecular complexity index is 1040. The molecular weight excluding hydrogens is 492 g/mol. The average Bonchev–Trinajstić information content (AvgIpc) is 2.89. The van der Waals surface area contributed by atoms with Crippen molar-refractivity contribution in [3.05, 3.63) is 30.3 Å². The van der Waals surface area contributed by atoms with Crippen LogP contribution in [0.2, 0.25) is 0 Å². The molecule has 4 saturated carbocycles. The van der Waals surface area contributed by atoms with Gasteiger partial charge in [-0.25, -0.2) is 4.89 Å². The third-order valence-corrected chi connectivity index (χ3v) is 8.46. The number of carboxylic acids is 1. The summed E-state index contributed by atoms with van der Waals surface area (Å²) < 4.78 is 23.3. The first kappa shape index (κ1) is 27.0. The Morgan fingerprint density at radius 1 is 1.08 bits per heavy atom. The molecule has 9 heteroatoms. The Morgan fingerprint density at radius 3 is 2.34 bits per heavy atom. The van der Waals surface area contributed by atoms with E-state index >= 15 is 0 Å². The van der Waals surface area contributed by atoms with Crippen molar-refractivity contribution in [2.75, 3.05) is 20.3 Å². The van der Waals surface area contributed by atoms with Gasteiger partial charge >= 0.3 is 11.9 Å². The van der Waals surface area contributed by atoms with Gasteiger partial charge in [-0.1, -0.05) is 12.6 Å². The molecule has 4 aliphatic carbocycles. The zero-order valence-electron chi connectivity index (χ0n) is 22.4. The van der Waals surface area contributed by atoms with Gasteiger partial charge in [0.1, 0.15) is 18.3 Å². The summed E-state index contributed by atoms with van der Waals surface area (Å²) in [5.74, 6) is 1.15. The lowest BCUT2D eigenvalue weighted by atomic mass is 9.53. The quantitative estimate of drug-likeness (QED) is 0.338. The number of methoxy groups -OCH3 is 1. The molecular formula is C29H38O9. The first-order valence-electron chi connectivity index (χ1n) is 13.5. The van der Waals surface area contributed by atoms with Crippen LogP contribution in [0.5, 0.6) is 11.5 Å². The van der Waals surface area contributed by atoms with Gasteiger partial charge in [0.2, 0.25) is 5.79 Å². The van der Waals surface area contributed by atoms with Crippen LogP contribution < -0.4 is 9.47 Å². The first-order valence-corrected chi connectivity index (χ1v) is 13.5. The van der Waals surface area contributed by atoms with Crippen LogP contribution in [-0.2, 0) is 28.8 Å². The van der Waals surface area contributed by atoms with Crippen LogP contribution in [0.3, 0.4) is 0 Å². The van der Waals surface area contributed by atoms with Gasteiger partial charge in [-0.15, -0.1) is 0 Å². The maximum atomic E-state index is 11.8. The fraction of sp³-hybridized carbons (Fsp3) is 0.655. The number of ether oxygens (including phenoxy) is 4. The van der Waals surface area contributed by atoms with E-state index in [4.69, 9.17) is 33.8 Å². The van der Waals surface area contributed by atoms with Gasteiger partial charge in [0, 0.05) is 11.8 Å². The molecule has 1 heterocycles. The van der Waals surface area contributed by atoms with Crippen LogP contribution in [0.1, 0.15) is 64.4 Å². The maximum Gasteiger partial charge on any atom is 0.306 e. The van der Waals surface area contributed by atoms with E-state index in [1.54, 1.807) is 27.0 Å². The second kappa shape index (κ2) is 10.5. The third kappa shape index (κ3) is 5.42. The fourth-order valence-electron chi connectivity index (χ4n) is 6.76. The summed E-state index contributed by atoms with van der Waals surface area (Å²) in [7, 11) is 1.55. The van der Waals surface area contributed by atoms with Crippen LogP contribution in [0.25, 0.3) is 5.57 Å². The molecule has 1 spiro atoms. The molecule has 208 valence electrons. The number of carbonyl (C=O) groups is 2. The van der Waals surface area contributed by atoms with Crippen molar-refractivity contribution in [1.82, 2.24) is 0 Å². The van der Waals surface area contributed by atoms with E-state index < -0.39 is 29.4 Å². The number of benzene rings is 1. The molecule has 5 fully saturated rings. The Hall–Kier alpha value is -2.62. The largest absolute Gasteiger partial charge is 0.493 e. The summed E-state index contributed by atoms with van der Waals surface area (Å²) in [5.41, 5.74) is 0.664. The summed E-state index contributed by atoms with van der Waals surface area (Å²) >= 11 is 0. The summed E-state index contributed by atoms with van der Waals surface area (Å²) in [4.78, 5) is 34.5. The highest BCUT2D eigenvalue weighted by atomic mass is 17.2. The van der Waals surface area contributed by atoms with Crippen molar-refractivity contribution in [3.63, 3.8) is 0 Å². The number of hydrogen-bond donors (Lipinski definition) is 1. The normalized spacial score (nSPS) is 31.7. The molecule has 38 heavy (non-hydrogen) atoms. The summed E-state index contributed by atoms with van der Waals surface area (Å²) in [5, 5.41) is 8.72. The third-order valence-electron chi connectivity index (χ3n) is 8.46. The monoisotopic (exact) mass is 530 g/mol. The molecule has 0 aromatic heterocycles. The summed E-state index contributed by atoms with van der Waals surface area (Å²) in [6.45, 7) is 8.14. The molecule has 1 aromatic rings. The number of aliphatic carboxylic acids is 1. The molecule has 1 unspecified atom stereocenters. The Labute approximate surface area is 223 Å². The number of esters is 1. The molecule has 0 radical (unpaired) electrons. The topological polar surface area (TPSA) is 110 Å². The second-order valence-electron chi connectivity index (χ2n) is 11.8. The van der Waals surface area contributed by atoms with Gasteiger partial charge in [0.05, 0.1) is 26.6 Å². The molecule has 6 rings (SSSR count). The molecule has 1 saturated heterocycles. The second-order valence-corrected chi connectivity index (χ2v) is 11.8. The lowest BCUT2D eigenvalue weighted by Crippen LogP contribution is -2.63. The van der Waals surface area contributed by atoms with Gasteiger partial charge in [-0.05, 0) is 81.1 Å². The predicted octanol–water partition coefficient (Wildman–Crippen LogP) is 4.77. The highest BCUT2D eigenvalue weighted by Crippen LogP contribution is 2.61. The van der Waals surface area contributed by atoms with E-state index in [1.807, 2.05) is 12.1 Å². The first-order chi connectivity index (χ1) is 18.1. The lowest BCUT2D eigenvalue weighted by Gasteiger charge is -2.60. The SMILES string of the molecule is C=C(c1ccc(OC(C)(C)COC(=O)CCC(=O)O)c(OC)c1)C1COC2(OO1)C1CC3CC(C1)CC2C3. The van der Waals surface area contributed by atoms with Crippen molar-refractivity contribution < 1.29 is 43.4 Å². The molecule has 0 amide bonds.